The van der Waals surface area contributed by atoms with Crippen LogP contribution in [0, 0.1) is 0 Å². The van der Waals surface area contributed by atoms with Crippen molar-refractivity contribution in [1.29, 1.82) is 0 Å². The van der Waals surface area contributed by atoms with Crippen LogP contribution in [0.1, 0.15) is 16.7 Å². The average Bonchev–Trinajstić information content (AvgIpc) is 3.30. The van der Waals surface area contributed by atoms with Crippen molar-refractivity contribution < 1.29 is 19.1 Å². The van der Waals surface area contributed by atoms with Gasteiger partial charge in [-0.05, 0) is 66.7 Å². The Balaban J connectivity index is 1.47. The first kappa shape index (κ1) is 26.4. The number of benzene rings is 3. The van der Waals surface area contributed by atoms with Crippen LogP contribution < -0.4 is 15.5 Å². The maximum Gasteiger partial charge on any atom is 0.408 e. The summed E-state index contributed by atoms with van der Waals surface area (Å²) < 4.78 is 12.1. The molecule has 0 saturated carbocycles. The van der Waals surface area contributed by atoms with Gasteiger partial charge in [0, 0.05) is 23.5 Å². The number of rotatable bonds is 9. The lowest BCUT2D eigenvalue weighted by molar-refractivity contribution is -0.123. The summed E-state index contributed by atoms with van der Waals surface area (Å²) in [4.78, 5) is 28.9. The Kier molecular flexibility index (Phi) is 8.97. The number of hydrazone groups is 1. The van der Waals surface area contributed by atoms with Gasteiger partial charge in [0.25, 0.3) is 5.91 Å². The van der Waals surface area contributed by atoms with E-state index in [0.29, 0.717) is 5.75 Å². The van der Waals surface area contributed by atoms with E-state index in [9.17, 15) is 9.59 Å². The van der Waals surface area contributed by atoms with Crippen molar-refractivity contribution in [3.05, 3.63) is 98.6 Å². The largest absolute Gasteiger partial charge is 0.494 e. The van der Waals surface area contributed by atoms with Crippen LogP contribution in [-0.4, -0.2) is 36.4 Å². The van der Waals surface area contributed by atoms with Crippen LogP contribution in [0.25, 0.3) is 10.9 Å². The fraction of sp³-hybridized carbons (Fsp3) is 0.148. The van der Waals surface area contributed by atoms with E-state index in [2.05, 4.69) is 52.7 Å². The molecule has 1 heterocycles. The van der Waals surface area contributed by atoms with Crippen LogP contribution in [0.2, 0.25) is 0 Å². The minimum absolute atomic E-state index is 0.0907. The first-order valence-corrected chi connectivity index (χ1v) is 12.9. The molecule has 4 aromatic rings. The molecule has 190 valence electrons. The molecule has 37 heavy (non-hydrogen) atoms. The Bertz CT molecular complexity index is 1400. The van der Waals surface area contributed by atoms with Gasteiger partial charge in [-0.2, -0.15) is 5.10 Å². The lowest BCUT2D eigenvalue weighted by Crippen LogP contribution is -2.47. The fourth-order valence-corrected chi connectivity index (χ4v) is 5.28. The number of aromatic amines is 1. The van der Waals surface area contributed by atoms with Gasteiger partial charge >= 0.3 is 6.09 Å². The predicted molar refractivity (Wildman–Crippen MR) is 150 cm³/mol. The SMILES string of the molecule is COc1c(Br)cc(/C=N\NC(=O)[C@H](Cc2c[nH]c3ccccc23)NC(=O)OCc2ccccc2)cc1Br. The molecule has 0 aliphatic heterocycles. The first-order chi connectivity index (χ1) is 17.9. The predicted octanol–water partition coefficient (Wildman–Crippen LogP) is 5.69. The fourth-order valence-electron chi connectivity index (χ4n) is 3.73. The van der Waals surface area contributed by atoms with E-state index in [4.69, 9.17) is 9.47 Å². The number of aromatic nitrogens is 1. The molecule has 1 aromatic heterocycles. The second kappa shape index (κ2) is 12.6. The standard InChI is InChI=1S/C27H24Br2N4O4/c1-36-25-21(28)11-18(12-22(25)29)14-31-33-26(34)24(13-19-15-30-23-10-6-5-9-20(19)23)32-27(35)37-16-17-7-3-2-4-8-17/h2-12,14-15,24,30H,13,16H2,1H3,(H,32,35)(H,33,34)/b31-14-/t24-/m0/s1. The average molecular weight is 628 g/mol. The van der Waals surface area contributed by atoms with Crippen LogP contribution in [-0.2, 0) is 22.6 Å². The van der Waals surface area contributed by atoms with Crippen LogP contribution >= 0.6 is 31.9 Å². The smallest absolute Gasteiger partial charge is 0.408 e. The number of halogens is 2. The second-order valence-corrected chi connectivity index (χ2v) is 9.78. The highest BCUT2D eigenvalue weighted by Crippen LogP contribution is 2.33. The zero-order chi connectivity index (χ0) is 26.2. The number of carbonyl (C=O) groups is 2. The number of nitrogens with zero attached hydrogens (tertiary/aromatic N) is 1. The molecule has 0 spiro atoms. The van der Waals surface area contributed by atoms with Gasteiger partial charge in [0.15, 0.2) is 0 Å². The van der Waals surface area contributed by atoms with Crippen molar-refractivity contribution in [2.24, 2.45) is 5.10 Å². The normalized spacial score (nSPS) is 11.9. The summed E-state index contributed by atoms with van der Waals surface area (Å²) in [6.07, 6.45) is 2.88. The van der Waals surface area contributed by atoms with Crippen molar-refractivity contribution in [2.75, 3.05) is 7.11 Å². The number of hydrogen-bond donors (Lipinski definition) is 3. The molecule has 0 radical (unpaired) electrons. The summed E-state index contributed by atoms with van der Waals surface area (Å²) in [5, 5.41) is 7.73. The van der Waals surface area contributed by atoms with Gasteiger partial charge < -0.3 is 19.8 Å². The van der Waals surface area contributed by atoms with Crippen LogP contribution in [0.4, 0.5) is 4.79 Å². The number of para-hydroxylation sites is 1. The summed E-state index contributed by atoms with van der Waals surface area (Å²) >= 11 is 6.89. The number of nitrogens with one attached hydrogen (secondary N) is 3. The van der Waals surface area contributed by atoms with Crippen molar-refractivity contribution in [3.8, 4) is 5.75 Å². The third-order valence-electron chi connectivity index (χ3n) is 5.53. The Hall–Kier alpha value is -3.63. The summed E-state index contributed by atoms with van der Waals surface area (Å²) in [7, 11) is 1.57. The van der Waals surface area contributed by atoms with E-state index in [0.717, 1.165) is 36.5 Å². The zero-order valence-electron chi connectivity index (χ0n) is 19.8. The molecular formula is C27H24Br2N4O4. The van der Waals surface area contributed by atoms with Gasteiger partial charge in [0.2, 0.25) is 0 Å². The summed E-state index contributed by atoms with van der Waals surface area (Å²) in [5.74, 6) is 0.169. The number of methoxy groups -OCH3 is 1. The highest BCUT2D eigenvalue weighted by molar-refractivity contribution is 9.11. The third-order valence-corrected chi connectivity index (χ3v) is 6.71. The van der Waals surface area contributed by atoms with E-state index >= 15 is 0 Å². The third kappa shape index (κ3) is 6.99. The Morgan fingerprint density at radius 1 is 1.05 bits per heavy atom. The quantitative estimate of drug-likeness (QED) is 0.164. The Morgan fingerprint density at radius 3 is 2.49 bits per heavy atom. The second-order valence-electron chi connectivity index (χ2n) is 8.07. The van der Waals surface area contributed by atoms with Crippen LogP contribution in [0.15, 0.2) is 87.0 Å². The van der Waals surface area contributed by atoms with Gasteiger partial charge in [-0.3, -0.25) is 4.79 Å². The van der Waals surface area contributed by atoms with E-state index in [1.807, 2.05) is 72.9 Å². The van der Waals surface area contributed by atoms with Gasteiger partial charge in [0.1, 0.15) is 18.4 Å². The molecule has 0 aliphatic carbocycles. The van der Waals surface area contributed by atoms with Crippen molar-refractivity contribution >= 4 is 61.0 Å². The molecule has 3 N–H and O–H groups in total. The number of carbonyl (C=O) groups excluding carboxylic acids is 2. The van der Waals surface area contributed by atoms with Crippen LogP contribution in [0.3, 0.4) is 0 Å². The molecule has 8 nitrogen and oxygen atoms in total. The van der Waals surface area contributed by atoms with Gasteiger partial charge in [-0.15, -0.1) is 0 Å². The zero-order valence-corrected chi connectivity index (χ0v) is 23.0. The van der Waals surface area contributed by atoms with Gasteiger partial charge in [0.05, 0.1) is 22.3 Å². The van der Waals surface area contributed by atoms with Gasteiger partial charge in [-0.1, -0.05) is 48.5 Å². The minimum Gasteiger partial charge on any atom is -0.494 e. The lowest BCUT2D eigenvalue weighted by atomic mass is 10.0. The summed E-state index contributed by atoms with van der Waals surface area (Å²) in [6, 6.07) is 19.8. The lowest BCUT2D eigenvalue weighted by Gasteiger charge is -2.17. The molecule has 0 unspecified atom stereocenters. The monoisotopic (exact) mass is 626 g/mol. The molecular weight excluding hydrogens is 604 g/mol. The van der Waals surface area contributed by atoms with E-state index in [-0.39, 0.29) is 13.0 Å². The van der Waals surface area contributed by atoms with Crippen molar-refractivity contribution in [1.82, 2.24) is 15.7 Å². The minimum atomic E-state index is -0.922. The number of ether oxygens (including phenoxy) is 2. The van der Waals surface area contributed by atoms with E-state index < -0.39 is 18.0 Å². The van der Waals surface area contributed by atoms with E-state index in [1.165, 1.54) is 6.21 Å². The highest BCUT2D eigenvalue weighted by atomic mass is 79.9. The molecule has 4 rings (SSSR count). The van der Waals surface area contributed by atoms with E-state index in [1.54, 1.807) is 7.11 Å². The summed E-state index contributed by atoms with van der Waals surface area (Å²) in [6.45, 7) is 0.0907. The summed E-state index contributed by atoms with van der Waals surface area (Å²) in [5.41, 5.74) is 5.92. The number of fused-ring (bicyclic) bond motifs is 1. The highest BCUT2D eigenvalue weighted by Gasteiger charge is 2.23. The molecule has 0 aliphatic rings. The molecule has 1 atom stereocenters. The maximum atomic E-state index is 13.1. The van der Waals surface area contributed by atoms with Gasteiger partial charge in [-0.25, -0.2) is 10.2 Å². The molecule has 0 saturated heterocycles. The van der Waals surface area contributed by atoms with Crippen molar-refractivity contribution in [3.63, 3.8) is 0 Å². The number of alkyl carbamates (subject to hydrolysis) is 1. The Morgan fingerprint density at radius 2 is 1.76 bits per heavy atom. The topological polar surface area (TPSA) is 105 Å². The molecule has 3 aromatic carbocycles. The molecule has 10 heteroatoms. The molecule has 0 fully saturated rings. The maximum absolute atomic E-state index is 13.1. The van der Waals surface area contributed by atoms with Crippen molar-refractivity contribution in [2.45, 2.75) is 19.1 Å². The number of hydrogen-bond acceptors (Lipinski definition) is 5. The van der Waals surface area contributed by atoms with Crippen LogP contribution in [0.5, 0.6) is 5.75 Å². The first-order valence-electron chi connectivity index (χ1n) is 11.3. The number of amides is 2. The molecule has 2 amide bonds. The number of H-pyrrole nitrogens is 1. The Labute approximate surface area is 230 Å². The molecule has 0 bridgehead atoms.